The minimum atomic E-state index is 0.0876. The predicted molar refractivity (Wildman–Crippen MR) is 50.3 cm³/mol. The van der Waals surface area contributed by atoms with E-state index in [9.17, 15) is 0 Å². The van der Waals surface area contributed by atoms with Gasteiger partial charge in [0.25, 0.3) is 0 Å². The summed E-state index contributed by atoms with van der Waals surface area (Å²) in [7, 11) is 0. The summed E-state index contributed by atoms with van der Waals surface area (Å²) in [5.41, 5.74) is 11.7. The standard InChI is InChI=1S/C9H22N2/c1-7(2)5-8(11)9(3,4)6-10/h7-8H,5-6,10-11H2,1-4H3. The molecule has 0 aromatic heterocycles. The normalized spacial score (nSPS) is 15.5. The molecule has 0 heterocycles. The molecular formula is C9H22N2. The van der Waals surface area contributed by atoms with Gasteiger partial charge in [-0.25, -0.2) is 0 Å². The molecule has 0 amide bonds. The third-order valence-electron chi connectivity index (χ3n) is 2.26. The molecule has 0 rings (SSSR count). The van der Waals surface area contributed by atoms with Crippen molar-refractivity contribution in [3.63, 3.8) is 0 Å². The molecule has 0 aliphatic heterocycles. The average Bonchev–Trinajstić information content (AvgIpc) is 1.86. The molecule has 0 aromatic carbocycles. The molecule has 0 saturated heterocycles. The Labute approximate surface area is 70.3 Å². The summed E-state index contributed by atoms with van der Waals surface area (Å²) in [6.07, 6.45) is 1.06. The molecule has 0 fully saturated rings. The zero-order valence-electron chi connectivity index (χ0n) is 8.22. The maximum Gasteiger partial charge on any atom is 0.0105 e. The lowest BCUT2D eigenvalue weighted by molar-refractivity contribution is 0.262. The lowest BCUT2D eigenvalue weighted by Crippen LogP contribution is -2.43. The van der Waals surface area contributed by atoms with E-state index in [0.717, 1.165) is 6.42 Å². The van der Waals surface area contributed by atoms with E-state index in [-0.39, 0.29) is 11.5 Å². The Bertz CT molecular complexity index is 108. The van der Waals surface area contributed by atoms with Crippen molar-refractivity contribution in [2.45, 2.75) is 40.2 Å². The van der Waals surface area contributed by atoms with Crippen LogP contribution in [0.3, 0.4) is 0 Å². The zero-order valence-corrected chi connectivity index (χ0v) is 8.22. The quantitative estimate of drug-likeness (QED) is 0.649. The Morgan fingerprint density at radius 3 is 2.00 bits per heavy atom. The minimum Gasteiger partial charge on any atom is -0.330 e. The molecule has 0 aromatic rings. The molecule has 4 N–H and O–H groups in total. The van der Waals surface area contributed by atoms with Gasteiger partial charge in [-0.1, -0.05) is 27.7 Å². The monoisotopic (exact) mass is 158 g/mol. The van der Waals surface area contributed by atoms with Gasteiger partial charge in [0.15, 0.2) is 0 Å². The van der Waals surface area contributed by atoms with Crippen LogP contribution in [0.25, 0.3) is 0 Å². The molecule has 2 heteroatoms. The van der Waals surface area contributed by atoms with Crippen molar-refractivity contribution in [3.05, 3.63) is 0 Å². The molecule has 1 unspecified atom stereocenters. The third-order valence-corrected chi connectivity index (χ3v) is 2.26. The molecule has 11 heavy (non-hydrogen) atoms. The highest BCUT2D eigenvalue weighted by Crippen LogP contribution is 2.21. The summed E-state index contributed by atoms with van der Waals surface area (Å²) in [5.74, 6) is 0.663. The Morgan fingerprint density at radius 2 is 1.73 bits per heavy atom. The molecule has 0 saturated carbocycles. The first-order valence-corrected chi connectivity index (χ1v) is 4.36. The van der Waals surface area contributed by atoms with Gasteiger partial charge >= 0.3 is 0 Å². The fourth-order valence-corrected chi connectivity index (χ4v) is 0.978. The topological polar surface area (TPSA) is 52.0 Å². The largest absolute Gasteiger partial charge is 0.330 e. The van der Waals surface area contributed by atoms with Crippen molar-refractivity contribution in [3.8, 4) is 0 Å². The van der Waals surface area contributed by atoms with Gasteiger partial charge in [0.2, 0.25) is 0 Å². The summed E-state index contributed by atoms with van der Waals surface area (Å²) in [6, 6.07) is 0.229. The maximum atomic E-state index is 5.98. The number of rotatable bonds is 4. The van der Waals surface area contributed by atoms with E-state index in [4.69, 9.17) is 11.5 Å². The van der Waals surface area contributed by atoms with E-state index in [1.54, 1.807) is 0 Å². The summed E-state index contributed by atoms with van der Waals surface area (Å²) in [6.45, 7) is 9.29. The second kappa shape index (κ2) is 4.07. The lowest BCUT2D eigenvalue weighted by Gasteiger charge is -2.31. The van der Waals surface area contributed by atoms with Crippen LogP contribution in [0.5, 0.6) is 0 Å². The van der Waals surface area contributed by atoms with Gasteiger partial charge in [0.1, 0.15) is 0 Å². The van der Waals surface area contributed by atoms with Crippen molar-refractivity contribution < 1.29 is 0 Å². The van der Waals surface area contributed by atoms with Crippen molar-refractivity contribution in [1.29, 1.82) is 0 Å². The van der Waals surface area contributed by atoms with E-state index in [1.807, 2.05) is 0 Å². The highest BCUT2D eigenvalue weighted by atomic mass is 14.7. The van der Waals surface area contributed by atoms with E-state index in [0.29, 0.717) is 12.5 Å². The summed E-state index contributed by atoms with van der Waals surface area (Å²) < 4.78 is 0. The van der Waals surface area contributed by atoms with Crippen molar-refractivity contribution in [2.24, 2.45) is 22.8 Å². The van der Waals surface area contributed by atoms with Gasteiger partial charge in [-0.2, -0.15) is 0 Å². The fraction of sp³-hybridized carbons (Fsp3) is 1.00. The Hall–Kier alpha value is -0.0800. The summed E-state index contributed by atoms with van der Waals surface area (Å²) in [5, 5.41) is 0. The van der Waals surface area contributed by atoms with Crippen LogP contribution in [-0.4, -0.2) is 12.6 Å². The van der Waals surface area contributed by atoms with E-state index >= 15 is 0 Å². The number of hydrogen-bond acceptors (Lipinski definition) is 2. The molecule has 0 aliphatic carbocycles. The predicted octanol–water partition coefficient (Wildman–Crippen LogP) is 1.34. The van der Waals surface area contributed by atoms with Crippen LogP contribution in [0, 0.1) is 11.3 Å². The van der Waals surface area contributed by atoms with Gasteiger partial charge < -0.3 is 11.5 Å². The van der Waals surface area contributed by atoms with Crippen LogP contribution in [0.4, 0.5) is 0 Å². The molecule has 1 atom stereocenters. The smallest absolute Gasteiger partial charge is 0.0105 e. The van der Waals surface area contributed by atoms with Gasteiger partial charge in [-0.15, -0.1) is 0 Å². The van der Waals surface area contributed by atoms with Crippen LogP contribution < -0.4 is 11.5 Å². The van der Waals surface area contributed by atoms with Crippen molar-refractivity contribution >= 4 is 0 Å². The first kappa shape index (κ1) is 10.9. The van der Waals surface area contributed by atoms with Gasteiger partial charge in [-0.3, -0.25) is 0 Å². The third kappa shape index (κ3) is 3.73. The highest BCUT2D eigenvalue weighted by Gasteiger charge is 2.24. The van der Waals surface area contributed by atoms with Crippen LogP contribution in [-0.2, 0) is 0 Å². The van der Waals surface area contributed by atoms with Gasteiger partial charge in [0.05, 0.1) is 0 Å². The Kier molecular flexibility index (Phi) is 4.04. The van der Waals surface area contributed by atoms with E-state index in [2.05, 4.69) is 27.7 Å². The zero-order chi connectivity index (χ0) is 9.07. The number of nitrogens with two attached hydrogens (primary N) is 2. The van der Waals surface area contributed by atoms with Crippen molar-refractivity contribution in [1.82, 2.24) is 0 Å². The first-order chi connectivity index (χ1) is 4.90. The van der Waals surface area contributed by atoms with Crippen molar-refractivity contribution in [2.75, 3.05) is 6.54 Å². The highest BCUT2D eigenvalue weighted by molar-refractivity contribution is 4.82. The molecule has 2 nitrogen and oxygen atoms in total. The van der Waals surface area contributed by atoms with Crippen LogP contribution in [0.2, 0.25) is 0 Å². The van der Waals surface area contributed by atoms with Crippen LogP contribution in [0.1, 0.15) is 34.1 Å². The second-order valence-corrected chi connectivity index (χ2v) is 4.43. The second-order valence-electron chi connectivity index (χ2n) is 4.43. The SMILES string of the molecule is CC(C)CC(N)C(C)(C)CN. The average molecular weight is 158 g/mol. The Balaban J connectivity index is 3.90. The summed E-state index contributed by atoms with van der Waals surface area (Å²) >= 11 is 0. The first-order valence-electron chi connectivity index (χ1n) is 4.36. The molecule has 0 bridgehead atoms. The van der Waals surface area contributed by atoms with Crippen LogP contribution >= 0.6 is 0 Å². The van der Waals surface area contributed by atoms with E-state index in [1.165, 1.54) is 0 Å². The molecule has 0 aliphatic rings. The molecule has 0 radical (unpaired) electrons. The lowest BCUT2D eigenvalue weighted by atomic mass is 9.81. The molecular weight excluding hydrogens is 136 g/mol. The Morgan fingerprint density at radius 1 is 1.27 bits per heavy atom. The van der Waals surface area contributed by atoms with Gasteiger partial charge in [0, 0.05) is 6.04 Å². The molecule has 0 spiro atoms. The molecule has 68 valence electrons. The summed E-state index contributed by atoms with van der Waals surface area (Å²) in [4.78, 5) is 0. The minimum absolute atomic E-state index is 0.0876. The number of hydrogen-bond donors (Lipinski definition) is 2. The maximum absolute atomic E-state index is 5.98. The van der Waals surface area contributed by atoms with E-state index < -0.39 is 0 Å². The van der Waals surface area contributed by atoms with Gasteiger partial charge in [-0.05, 0) is 24.3 Å². The van der Waals surface area contributed by atoms with Crippen LogP contribution in [0.15, 0.2) is 0 Å². The fourth-order valence-electron chi connectivity index (χ4n) is 0.978.